The van der Waals surface area contributed by atoms with Crippen LogP contribution in [0.1, 0.15) is 24.8 Å². The molecule has 2 heteroatoms. The molecule has 3 aromatic rings. The average molecular weight is 347 g/mol. The topological polar surface area (TPSA) is 3.88 Å². The van der Waals surface area contributed by atoms with Crippen LogP contribution in [-0.2, 0) is 7.05 Å². The highest BCUT2D eigenvalue weighted by Crippen LogP contribution is 2.41. The van der Waals surface area contributed by atoms with Crippen molar-refractivity contribution >= 4 is 24.0 Å². The van der Waals surface area contributed by atoms with Crippen molar-refractivity contribution in [2.24, 2.45) is 7.05 Å². The van der Waals surface area contributed by atoms with Crippen molar-refractivity contribution in [2.75, 3.05) is 0 Å². The van der Waals surface area contributed by atoms with Gasteiger partial charge in [0.05, 0.1) is 13.5 Å². The highest BCUT2D eigenvalue weighted by atomic mass is 28.3. The van der Waals surface area contributed by atoms with E-state index in [-0.39, 0.29) is 0 Å². The van der Waals surface area contributed by atoms with Gasteiger partial charge < -0.3 is 0 Å². The van der Waals surface area contributed by atoms with E-state index in [9.17, 15) is 0 Å². The van der Waals surface area contributed by atoms with Crippen LogP contribution < -0.4 is 9.75 Å². The van der Waals surface area contributed by atoms with Gasteiger partial charge in [-0.3, -0.25) is 0 Å². The molecule has 1 fully saturated rings. The lowest BCUT2D eigenvalue weighted by Crippen LogP contribution is -2.48. The van der Waals surface area contributed by atoms with Gasteiger partial charge in [0.1, 0.15) is 7.05 Å². The first-order valence-corrected chi connectivity index (χ1v) is 12.5. The summed E-state index contributed by atoms with van der Waals surface area (Å²) in [6.07, 6.45) is 6.53. The third-order valence-electron chi connectivity index (χ3n) is 6.41. The third-order valence-corrected chi connectivity index (χ3v) is 10.8. The molecule has 0 radical (unpaired) electrons. The minimum atomic E-state index is -1.34. The van der Waals surface area contributed by atoms with Crippen LogP contribution in [0.4, 0.5) is 0 Å². The van der Waals surface area contributed by atoms with Gasteiger partial charge in [-0.1, -0.05) is 67.9 Å². The Labute approximate surface area is 152 Å². The molecule has 2 aromatic carbocycles. The molecule has 0 atom stereocenters. The third kappa shape index (κ3) is 2.73. The highest BCUT2D eigenvalue weighted by Gasteiger charge is 2.37. The van der Waals surface area contributed by atoms with Crippen LogP contribution in [-0.4, -0.2) is 8.07 Å². The van der Waals surface area contributed by atoms with E-state index in [0.29, 0.717) is 0 Å². The average Bonchev–Trinajstić information content (AvgIpc) is 2.53. The summed E-state index contributed by atoms with van der Waals surface area (Å²) in [5, 5.41) is 4.37. The first-order chi connectivity index (χ1) is 12.0. The minimum Gasteiger partial charge on any atom is -0.200 e. The second-order valence-corrected chi connectivity index (χ2v) is 13.1. The normalized spacial score (nSPS) is 15.4. The number of nitrogens with zero attached hydrogens (tertiary/aromatic N) is 1. The van der Waals surface area contributed by atoms with E-state index in [1.54, 1.807) is 5.19 Å². The molecule has 0 bridgehead atoms. The summed E-state index contributed by atoms with van der Waals surface area (Å²) >= 11 is 0. The zero-order valence-corrected chi connectivity index (χ0v) is 16.8. The van der Waals surface area contributed by atoms with Gasteiger partial charge in [-0.25, -0.2) is 4.57 Å². The molecule has 1 aliphatic carbocycles. The molecule has 0 saturated heterocycles. The molecule has 4 rings (SSSR count). The van der Waals surface area contributed by atoms with Crippen LogP contribution in [0.15, 0.2) is 54.7 Å². The molecule has 0 N–H and O–H groups in total. The molecular weight excluding hydrogens is 318 g/mol. The van der Waals surface area contributed by atoms with Crippen LogP contribution in [0.3, 0.4) is 0 Å². The minimum absolute atomic E-state index is 0.973. The van der Waals surface area contributed by atoms with Crippen molar-refractivity contribution in [3.8, 4) is 11.3 Å². The van der Waals surface area contributed by atoms with Gasteiger partial charge >= 0.3 is 0 Å². The molecule has 0 aliphatic heterocycles. The van der Waals surface area contributed by atoms with Crippen molar-refractivity contribution < 1.29 is 4.57 Å². The molecule has 1 heterocycles. The number of hydrogen-bond acceptors (Lipinski definition) is 0. The van der Waals surface area contributed by atoms with Gasteiger partial charge in [-0.05, 0) is 35.5 Å². The van der Waals surface area contributed by atoms with E-state index >= 15 is 0 Å². The molecular formula is C23H28NSi+. The zero-order valence-electron chi connectivity index (χ0n) is 15.8. The molecule has 0 unspecified atom stereocenters. The number of rotatable bonds is 3. The predicted octanol–water partition coefficient (Wildman–Crippen LogP) is 5.11. The lowest BCUT2D eigenvalue weighted by Gasteiger charge is -2.39. The van der Waals surface area contributed by atoms with Gasteiger partial charge in [0.15, 0.2) is 6.20 Å². The Hall–Kier alpha value is -1.93. The number of aryl methyl sites for hydroxylation is 2. The number of benzene rings is 2. The maximum absolute atomic E-state index is 2.56. The van der Waals surface area contributed by atoms with E-state index < -0.39 is 8.07 Å². The maximum atomic E-state index is 2.56. The quantitative estimate of drug-likeness (QED) is 0.458. The van der Waals surface area contributed by atoms with Gasteiger partial charge in [-0.2, -0.15) is 0 Å². The largest absolute Gasteiger partial charge is 0.220 e. The number of aromatic nitrogens is 1. The summed E-state index contributed by atoms with van der Waals surface area (Å²) in [5.74, 6) is 0. The second-order valence-electron chi connectivity index (χ2n) is 8.24. The van der Waals surface area contributed by atoms with E-state index in [1.165, 1.54) is 46.9 Å². The Morgan fingerprint density at radius 2 is 1.76 bits per heavy atom. The summed E-state index contributed by atoms with van der Waals surface area (Å²) in [4.78, 5) is 0. The van der Waals surface area contributed by atoms with Crippen molar-refractivity contribution in [1.82, 2.24) is 0 Å². The molecule has 0 amide bonds. The maximum Gasteiger partial charge on any atom is 0.220 e. The fourth-order valence-corrected chi connectivity index (χ4v) is 7.68. The molecule has 25 heavy (non-hydrogen) atoms. The van der Waals surface area contributed by atoms with Gasteiger partial charge in [-0.15, -0.1) is 0 Å². The summed E-state index contributed by atoms with van der Waals surface area (Å²) in [7, 11) is 0.814. The van der Waals surface area contributed by atoms with Crippen molar-refractivity contribution in [2.45, 2.75) is 44.8 Å². The summed E-state index contributed by atoms with van der Waals surface area (Å²) < 4.78 is 2.26. The Bertz CT molecular complexity index is 938. The first-order valence-electron chi connectivity index (χ1n) is 9.47. The van der Waals surface area contributed by atoms with Gasteiger partial charge in [0, 0.05) is 11.6 Å². The Balaban J connectivity index is 1.89. The van der Waals surface area contributed by atoms with Crippen molar-refractivity contribution in [3.05, 3.63) is 60.3 Å². The number of hydrogen-bond donors (Lipinski definition) is 0. The van der Waals surface area contributed by atoms with E-state index in [2.05, 4.69) is 86.4 Å². The fraction of sp³-hybridized carbons (Fsp3) is 0.348. The molecule has 128 valence electrons. The van der Waals surface area contributed by atoms with Gasteiger partial charge in [0.2, 0.25) is 5.69 Å². The van der Waals surface area contributed by atoms with Crippen LogP contribution in [0.2, 0.25) is 18.6 Å². The van der Waals surface area contributed by atoms with Crippen LogP contribution in [0.25, 0.3) is 22.0 Å². The molecule has 1 aliphatic rings. The molecule has 1 aromatic heterocycles. The SMILES string of the molecule is Cc1ccccc1-c1c2ccc([Si](C)(C)C3CCC3)cc2cc[n+]1C. The Kier molecular flexibility index (Phi) is 4.03. The molecule has 0 spiro atoms. The second kappa shape index (κ2) is 6.10. The summed E-state index contributed by atoms with van der Waals surface area (Å²) in [6.45, 7) is 7.32. The van der Waals surface area contributed by atoms with Crippen molar-refractivity contribution in [3.63, 3.8) is 0 Å². The summed E-state index contributed by atoms with van der Waals surface area (Å²) in [5.41, 5.74) is 4.96. The zero-order chi connectivity index (χ0) is 17.6. The molecule has 1 nitrogen and oxygen atoms in total. The van der Waals surface area contributed by atoms with Crippen LogP contribution in [0, 0.1) is 6.92 Å². The van der Waals surface area contributed by atoms with Crippen LogP contribution >= 0.6 is 0 Å². The van der Waals surface area contributed by atoms with E-state index in [0.717, 1.165) is 5.54 Å². The lowest BCUT2D eigenvalue weighted by molar-refractivity contribution is -0.659. The monoisotopic (exact) mass is 346 g/mol. The van der Waals surface area contributed by atoms with E-state index in [1.807, 2.05) is 0 Å². The smallest absolute Gasteiger partial charge is 0.200 e. The summed E-state index contributed by atoms with van der Waals surface area (Å²) in [6, 6.07) is 18.3. The molecule has 1 saturated carbocycles. The number of fused-ring (bicyclic) bond motifs is 1. The van der Waals surface area contributed by atoms with Crippen LogP contribution in [0.5, 0.6) is 0 Å². The van der Waals surface area contributed by atoms with E-state index in [4.69, 9.17) is 0 Å². The standard InChI is InChI=1S/C23H28NSi/c1-17-8-5-6-11-21(17)23-22-13-12-20(16-18(22)14-15-24(23)2)25(3,4)19-9-7-10-19/h5-6,8,11-16,19H,7,9-10H2,1-4H3/q+1. The number of pyridine rings is 1. The van der Waals surface area contributed by atoms with Crippen molar-refractivity contribution in [1.29, 1.82) is 0 Å². The predicted molar refractivity (Wildman–Crippen MR) is 110 cm³/mol. The highest BCUT2D eigenvalue weighted by molar-refractivity contribution is 6.91. The lowest BCUT2D eigenvalue weighted by atomic mass is 9.99. The Morgan fingerprint density at radius 3 is 2.44 bits per heavy atom. The fourth-order valence-electron chi connectivity index (χ4n) is 4.31. The first kappa shape index (κ1) is 16.5. The van der Waals surface area contributed by atoms with Gasteiger partial charge in [0.25, 0.3) is 0 Å². The Morgan fingerprint density at radius 1 is 1.00 bits per heavy atom.